The van der Waals surface area contributed by atoms with Crippen molar-refractivity contribution in [2.24, 2.45) is 5.92 Å². The van der Waals surface area contributed by atoms with E-state index < -0.39 is 0 Å². The molecule has 1 aromatic carbocycles. The zero-order valence-corrected chi connectivity index (χ0v) is 18.3. The number of aromatic amines is 1. The summed E-state index contributed by atoms with van der Waals surface area (Å²) in [4.78, 5) is 10.6. The van der Waals surface area contributed by atoms with Crippen molar-refractivity contribution in [3.05, 3.63) is 42.4 Å². The van der Waals surface area contributed by atoms with Crippen LogP contribution in [0.5, 0.6) is 11.5 Å². The van der Waals surface area contributed by atoms with Crippen LogP contribution in [0.15, 0.2) is 36.7 Å². The molecule has 0 spiro atoms. The largest absolute Gasteiger partial charge is 0.496 e. The summed E-state index contributed by atoms with van der Waals surface area (Å²) in [5.74, 6) is 3.18. The molecule has 4 rings (SSSR count). The van der Waals surface area contributed by atoms with Gasteiger partial charge in [-0.25, -0.2) is 9.97 Å². The van der Waals surface area contributed by atoms with Crippen LogP contribution in [-0.4, -0.2) is 58.4 Å². The zero-order chi connectivity index (χ0) is 22.3. The molecule has 2 N–H and O–H groups in total. The van der Waals surface area contributed by atoms with Gasteiger partial charge in [0.1, 0.15) is 23.4 Å². The van der Waals surface area contributed by atoms with Crippen molar-refractivity contribution in [3.63, 3.8) is 0 Å². The lowest BCUT2D eigenvalue weighted by atomic mass is 9.98. The Kier molecular flexibility index (Phi) is 6.82. The molecule has 9 heteroatoms. The molecule has 2 aromatic heterocycles. The maximum atomic E-state index is 8.82. The minimum Gasteiger partial charge on any atom is -0.496 e. The number of likely N-dealkylation sites (tertiary alicyclic amines) is 1. The lowest BCUT2D eigenvalue weighted by Gasteiger charge is -2.30. The van der Waals surface area contributed by atoms with E-state index in [4.69, 9.17) is 14.7 Å². The van der Waals surface area contributed by atoms with Crippen LogP contribution in [0.1, 0.15) is 25.5 Å². The highest BCUT2D eigenvalue weighted by atomic mass is 16.5. The predicted molar refractivity (Wildman–Crippen MR) is 121 cm³/mol. The highest BCUT2D eigenvalue weighted by molar-refractivity contribution is 5.71. The number of benzene rings is 1. The molecule has 0 saturated carbocycles. The van der Waals surface area contributed by atoms with Gasteiger partial charge in [-0.05, 0) is 50.5 Å². The Morgan fingerprint density at radius 2 is 2.03 bits per heavy atom. The number of nitrogens with one attached hydrogen (secondary N) is 2. The van der Waals surface area contributed by atoms with Gasteiger partial charge >= 0.3 is 0 Å². The Morgan fingerprint density at radius 1 is 1.19 bits per heavy atom. The first kappa shape index (κ1) is 21.6. The van der Waals surface area contributed by atoms with E-state index in [2.05, 4.69) is 37.3 Å². The number of anilines is 2. The number of aromatic nitrogens is 4. The molecule has 3 heterocycles. The maximum absolute atomic E-state index is 8.82. The summed E-state index contributed by atoms with van der Waals surface area (Å²) in [7, 11) is 1.64. The van der Waals surface area contributed by atoms with Crippen LogP contribution in [0.3, 0.4) is 0 Å². The summed E-state index contributed by atoms with van der Waals surface area (Å²) in [6.07, 6.45) is 5.25. The number of ether oxygens (including phenoxy) is 2. The molecule has 1 aliphatic rings. The summed E-state index contributed by atoms with van der Waals surface area (Å²) in [6.45, 7) is 6.36. The minimum atomic E-state index is 0.261. The van der Waals surface area contributed by atoms with Gasteiger partial charge in [-0.2, -0.15) is 10.4 Å². The summed E-state index contributed by atoms with van der Waals surface area (Å²) < 4.78 is 11.7. The molecule has 166 valence electrons. The topological polar surface area (TPSA) is 112 Å². The smallest absolute Gasteiger partial charge is 0.158 e. The SMILES string of the molecule is CCN1CCC(COc2ccc(-c3cc(Nc4cnc(C#N)cn4)n[nH]3)c(OC)c2)CC1. The average molecular weight is 434 g/mol. The van der Waals surface area contributed by atoms with Gasteiger partial charge in [0.05, 0.1) is 31.8 Å². The number of nitriles is 1. The van der Waals surface area contributed by atoms with E-state index in [1.807, 2.05) is 30.3 Å². The minimum absolute atomic E-state index is 0.261. The van der Waals surface area contributed by atoms with E-state index in [0.717, 1.165) is 43.2 Å². The van der Waals surface area contributed by atoms with Gasteiger partial charge in [0.25, 0.3) is 0 Å². The molecule has 3 aromatic rings. The second-order valence-corrected chi connectivity index (χ2v) is 7.74. The molecule has 0 aliphatic carbocycles. The Hall–Kier alpha value is -3.64. The third-order valence-electron chi connectivity index (χ3n) is 5.70. The molecule has 0 unspecified atom stereocenters. The van der Waals surface area contributed by atoms with Gasteiger partial charge in [0.15, 0.2) is 11.5 Å². The Balaban J connectivity index is 1.40. The summed E-state index contributed by atoms with van der Waals surface area (Å²) >= 11 is 0. The van der Waals surface area contributed by atoms with Crippen LogP contribution in [-0.2, 0) is 0 Å². The van der Waals surface area contributed by atoms with Gasteiger partial charge in [-0.15, -0.1) is 0 Å². The van der Waals surface area contributed by atoms with Crippen molar-refractivity contribution >= 4 is 11.6 Å². The summed E-state index contributed by atoms with van der Waals surface area (Å²) in [6, 6.07) is 9.64. The molecule has 0 bridgehead atoms. The number of rotatable bonds is 8. The molecule has 1 fully saturated rings. The average Bonchev–Trinajstić information content (AvgIpc) is 3.31. The number of methoxy groups -OCH3 is 1. The van der Waals surface area contributed by atoms with Gasteiger partial charge in [0, 0.05) is 17.7 Å². The van der Waals surface area contributed by atoms with Crippen LogP contribution >= 0.6 is 0 Å². The zero-order valence-electron chi connectivity index (χ0n) is 18.3. The predicted octanol–water partition coefficient (Wildman–Crippen LogP) is 3.60. The number of hydrogen-bond acceptors (Lipinski definition) is 8. The molecular weight excluding hydrogens is 406 g/mol. The first-order valence-corrected chi connectivity index (χ1v) is 10.8. The Morgan fingerprint density at radius 3 is 2.72 bits per heavy atom. The van der Waals surface area contributed by atoms with Crippen LogP contribution in [0.25, 0.3) is 11.3 Å². The summed E-state index contributed by atoms with van der Waals surface area (Å²) in [5.41, 5.74) is 1.93. The van der Waals surface area contributed by atoms with Gasteiger partial charge in [-0.3, -0.25) is 5.10 Å². The number of piperidine rings is 1. The Bertz CT molecular complexity index is 1070. The third kappa shape index (κ3) is 5.15. The fraction of sp³-hybridized carbons (Fsp3) is 0.391. The van der Waals surface area contributed by atoms with Crippen LogP contribution < -0.4 is 14.8 Å². The van der Waals surface area contributed by atoms with E-state index in [1.165, 1.54) is 25.2 Å². The third-order valence-corrected chi connectivity index (χ3v) is 5.70. The first-order chi connectivity index (χ1) is 15.7. The van der Waals surface area contributed by atoms with Gasteiger partial charge in [0.2, 0.25) is 0 Å². The van der Waals surface area contributed by atoms with E-state index in [9.17, 15) is 0 Å². The van der Waals surface area contributed by atoms with Crippen molar-refractivity contribution in [2.45, 2.75) is 19.8 Å². The molecule has 0 radical (unpaired) electrons. The lowest BCUT2D eigenvalue weighted by molar-refractivity contribution is 0.145. The van der Waals surface area contributed by atoms with E-state index in [1.54, 1.807) is 7.11 Å². The highest BCUT2D eigenvalue weighted by Crippen LogP contribution is 2.34. The molecule has 0 atom stereocenters. The normalized spacial score (nSPS) is 14.7. The number of H-pyrrole nitrogens is 1. The molecule has 0 amide bonds. The molecule has 1 aliphatic heterocycles. The fourth-order valence-electron chi connectivity index (χ4n) is 3.77. The molecule has 1 saturated heterocycles. The van der Waals surface area contributed by atoms with Gasteiger partial charge in [-0.1, -0.05) is 6.92 Å². The first-order valence-electron chi connectivity index (χ1n) is 10.8. The van der Waals surface area contributed by atoms with Crippen molar-refractivity contribution in [1.29, 1.82) is 5.26 Å². The van der Waals surface area contributed by atoms with Gasteiger partial charge < -0.3 is 19.7 Å². The van der Waals surface area contributed by atoms with Crippen LogP contribution in [0.4, 0.5) is 11.6 Å². The molecule has 32 heavy (non-hydrogen) atoms. The lowest BCUT2D eigenvalue weighted by Crippen LogP contribution is -2.35. The van der Waals surface area contributed by atoms with Crippen LogP contribution in [0, 0.1) is 17.2 Å². The number of nitrogens with zero attached hydrogens (tertiary/aromatic N) is 5. The van der Waals surface area contributed by atoms with E-state index in [0.29, 0.717) is 23.3 Å². The highest BCUT2D eigenvalue weighted by Gasteiger charge is 2.19. The summed E-state index contributed by atoms with van der Waals surface area (Å²) in [5, 5.41) is 19.2. The maximum Gasteiger partial charge on any atom is 0.158 e. The second-order valence-electron chi connectivity index (χ2n) is 7.74. The van der Waals surface area contributed by atoms with E-state index in [-0.39, 0.29) is 5.69 Å². The van der Waals surface area contributed by atoms with E-state index >= 15 is 0 Å². The standard InChI is InChI=1S/C23H27N7O2/c1-3-30-8-6-16(7-9-30)15-32-18-4-5-19(21(10-18)31-2)20-11-22(29-28-20)27-23-14-25-17(12-24)13-26-23/h4-5,10-11,13-14,16H,3,6-9,15H2,1-2H3,(H2,26,27,28,29). The number of hydrogen-bond donors (Lipinski definition) is 2. The molecule has 9 nitrogen and oxygen atoms in total. The quantitative estimate of drug-likeness (QED) is 0.554. The molecular formula is C23H27N7O2. The van der Waals surface area contributed by atoms with Crippen molar-refractivity contribution in [1.82, 2.24) is 25.1 Å². The second kappa shape index (κ2) is 10.1. The monoisotopic (exact) mass is 433 g/mol. The van der Waals surface area contributed by atoms with Crippen molar-refractivity contribution in [2.75, 3.05) is 38.7 Å². The van der Waals surface area contributed by atoms with Crippen molar-refractivity contribution in [3.8, 4) is 28.8 Å². The fourth-order valence-corrected chi connectivity index (χ4v) is 3.77. The Labute approximate surface area is 187 Å². The van der Waals surface area contributed by atoms with Crippen molar-refractivity contribution < 1.29 is 9.47 Å². The van der Waals surface area contributed by atoms with Crippen LogP contribution in [0.2, 0.25) is 0 Å².